The number of esters is 1. The number of ether oxygens (including phenoxy) is 1. The molecule has 5 nitrogen and oxygen atoms in total. The van der Waals surface area contributed by atoms with Gasteiger partial charge >= 0.3 is 5.97 Å². The van der Waals surface area contributed by atoms with Crippen molar-refractivity contribution in [3.8, 4) is 0 Å². The number of hydrogen-bond acceptors (Lipinski definition) is 5. The van der Waals surface area contributed by atoms with E-state index in [9.17, 15) is 4.79 Å². The van der Waals surface area contributed by atoms with Crippen molar-refractivity contribution >= 4 is 11.7 Å². The smallest absolute Gasteiger partial charge is 0.338 e. The number of benzene rings is 1. The van der Waals surface area contributed by atoms with Crippen molar-refractivity contribution < 1.29 is 19.7 Å². The van der Waals surface area contributed by atoms with Gasteiger partial charge < -0.3 is 20.7 Å². The molecule has 1 aromatic rings. The summed E-state index contributed by atoms with van der Waals surface area (Å²) in [5.74, 6) is -0.926. The Balaban J connectivity index is 2.49. The van der Waals surface area contributed by atoms with Gasteiger partial charge in [-0.2, -0.15) is 0 Å². The summed E-state index contributed by atoms with van der Waals surface area (Å²) in [7, 11) is 0. The van der Waals surface area contributed by atoms with Crippen LogP contribution < -0.4 is 5.73 Å². The first-order chi connectivity index (χ1) is 7.67. The second-order valence-corrected chi connectivity index (χ2v) is 3.45. The van der Waals surface area contributed by atoms with Crippen LogP contribution in [0.5, 0.6) is 0 Å². The molecule has 0 aliphatic rings. The van der Waals surface area contributed by atoms with Gasteiger partial charge in [0.1, 0.15) is 0 Å². The molecule has 0 atom stereocenters. The average molecular weight is 225 g/mol. The molecule has 0 aromatic heterocycles. The number of carbonyl (C=O) groups is 1. The molecule has 1 aromatic carbocycles. The minimum Gasteiger partial charge on any atom is -0.462 e. The summed E-state index contributed by atoms with van der Waals surface area (Å²) < 4.78 is 4.91. The van der Waals surface area contributed by atoms with E-state index in [1.54, 1.807) is 24.3 Å². The quantitative estimate of drug-likeness (QED) is 0.485. The number of rotatable bonds is 5. The van der Waals surface area contributed by atoms with Crippen LogP contribution in [0.25, 0.3) is 0 Å². The van der Waals surface area contributed by atoms with Crippen molar-refractivity contribution in [2.45, 2.75) is 0 Å². The van der Waals surface area contributed by atoms with E-state index >= 15 is 0 Å². The van der Waals surface area contributed by atoms with Crippen LogP contribution in [0.2, 0.25) is 0 Å². The summed E-state index contributed by atoms with van der Waals surface area (Å²) in [5.41, 5.74) is 6.44. The summed E-state index contributed by atoms with van der Waals surface area (Å²) >= 11 is 0. The maximum Gasteiger partial charge on any atom is 0.338 e. The molecule has 0 fully saturated rings. The summed E-state index contributed by atoms with van der Waals surface area (Å²) in [6.45, 7) is -0.437. The molecule has 0 aliphatic heterocycles. The lowest BCUT2D eigenvalue weighted by atomic mass is 10.2. The predicted molar refractivity (Wildman–Crippen MR) is 58.8 cm³/mol. The van der Waals surface area contributed by atoms with Gasteiger partial charge in [0.15, 0.2) is 0 Å². The number of hydrogen-bond donors (Lipinski definition) is 3. The SMILES string of the molecule is Nc1ccc(C(=O)OCC(CO)CO)cc1. The maximum atomic E-state index is 11.5. The number of aliphatic hydroxyl groups is 2. The highest BCUT2D eigenvalue weighted by Gasteiger charge is 2.11. The predicted octanol–water partition coefficient (Wildman–Crippen LogP) is 0.0264. The van der Waals surface area contributed by atoms with Gasteiger partial charge in [0.25, 0.3) is 0 Å². The molecule has 0 heterocycles. The van der Waals surface area contributed by atoms with Crippen molar-refractivity contribution in [3.05, 3.63) is 29.8 Å². The van der Waals surface area contributed by atoms with E-state index in [4.69, 9.17) is 20.7 Å². The van der Waals surface area contributed by atoms with Gasteiger partial charge in [-0.15, -0.1) is 0 Å². The molecule has 0 unspecified atom stereocenters. The van der Waals surface area contributed by atoms with Crippen LogP contribution in [0.15, 0.2) is 24.3 Å². The third-order valence-electron chi connectivity index (χ3n) is 2.11. The fourth-order valence-corrected chi connectivity index (χ4v) is 1.06. The first-order valence-electron chi connectivity index (χ1n) is 4.91. The third-order valence-corrected chi connectivity index (χ3v) is 2.11. The Morgan fingerprint density at radius 3 is 2.31 bits per heavy atom. The van der Waals surface area contributed by atoms with Crippen LogP contribution in [-0.2, 0) is 4.74 Å². The largest absolute Gasteiger partial charge is 0.462 e. The van der Waals surface area contributed by atoms with E-state index in [-0.39, 0.29) is 19.8 Å². The first-order valence-corrected chi connectivity index (χ1v) is 4.91. The first kappa shape index (κ1) is 12.5. The number of anilines is 1. The molecule has 4 N–H and O–H groups in total. The highest BCUT2D eigenvalue weighted by Crippen LogP contribution is 2.07. The minimum absolute atomic E-state index is 0.00376. The zero-order valence-corrected chi connectivity index (χ0v) is 8.80. The molecule has 88 valence electrons. The summed E-state index contributed by atoms with van der Waals surface area (Å²) in [6, 6.07) is 6.33. The molecule has 0 amide bonds. The van der Waals surface area contributed by atoms with Gasteiger partial charge in [0, 0.05) is 11.6 Å². The van der Waals surface area contributed by atoms with E-state index in [0.717, 1.165) is 0 Å². The maximum absolute atomic E-state index is 11.5. The van der Waals surface area contributed by atoms with Crippen LogP contribution in [0.3, 0.4) is 0 Å². The van der Waals surface area contributed by atoms with Gasteiger partial charge in [-0.3, -0.25) is 0 Å². The monoisotopic (exact) mass is 225 g/mol. The molecule has 1 rings (SSSR count). The van der Waals surface area contributed by atoms with Crippen LogP contribution in [-0.4, -0.2) is 36.0 Å². The number of carbonyl (C=O) groups excluding carboxylic acids is 1. The zero-order chi connectivity index (χ0) is 12.0. The normalized spacial score (nSPS) is 10.4. The Kier molecular flexibility index (Phi) is 4.75. The molecular weight excluding hydrogens is 210 g/mol. The zero-order valence-electron chi connectivity index (χ0n) is 8.80. The van der Waals surface area contributed by atoms with E-state index in [1.165, 1.54) is 0 Å². The van der Waals surface area contributed by atoms with Crippen LogP contribution >= 0.6 is 0 Å². The lowest BCUT2D eigenvalue weighted by molar-refractivity contribution is 0.0304. The average Bonchev–Trinajstić information content (AvgIpc) is 2.31. The fraction of sp³-hybridized carbons (Fsp3) is 0.364. The van der Waals surface area contributed by atoms with E-state index in [0.29, 0.717) is 11.3 Å². The van der Waals surface area contributed by atoms with Crippen molar-refractivity contribution in [1.29, 1.82) is 0 Å². The molecule has 16 heavy (non-hydrogen) atoms. The van der Waals surface area contributed by atoms with Gasteiger partial charge in [-0.05, 0) is 24.3 Å². The number of aliphatic hydroxyl groups excluding tert-OH is 2. The Hall–Kier alpha value is -1.59. The highest BCUT2D eigenvalue weighted by atomic mass is 16.5. The Labute approximate surface area is 93.5 Å². The van der Waals surface area contributed by atoms with E-state index in [1.807, 2.05) is 0 Å². The van der Waals surface area contributed by atoms with Gasteiger partial charge in [-0.25, -0.2) is 4.79 Å². The molecule has 0 spiro atoms. The van der Waals surface area contributed by atoms with Crippen molar-refractivity contribution in [2.24, 2.45) is 5.92 Å². The second kappa shape index (κ2) is 6.09. The van der Waals surface area contributed by atoms with Gasteiger partial charge in [0.2, 0.25) is 0 Å². The third kappa shape index (κ3) is 3.52. The Morgan fingerprint density at radius 2 is 1.81 bits per heavy atom. The van der Waals surface area contributed by atoms with Crippen LogP contribution in [0, 0.1) is 5.92 Å². The number of nitrogen functional groups attached to an aromatic ring is 1. The standard InChI is InChI=1S/C11H15NO4/c12-10-3-1-9(2-4-10)11(15)16-7-8(5-13)6-14/h1-4,8,13-14H,5-7,12H2. The van der Waals surface area contributed by atoms with Crippen LogP contribution in [0.4, 0.5) is 5.69 Å². The Morgan fingerprint density at radius 1 is 1.25 bits per heavy atom. The molecule has 5 heteroatoms. The highest BCUT2D eigenvalue weighted by molar-refractivity contribution is 5.89. The Bertz CT molecular complexity index is 332. The molecule has 0 aliphatic carbocycles. The van der Waals surface area contributed by atoms with E-state index in [2.05, 4.69) is 0 Å². The topological polar surface area (TPSA) is 92.8 Å². The van der Waals surface area contributed by atoms with E-state index < -0.39 is 11.9 Å². The van der Waals surface area contributed by atoms with Crippen molar-refractivity contribution in [1.82, 2.24) is 0 Å². The number of nitrogens with two attached hydrogens (primary N) is 1. The lowest BCUT2D eigenvalue weighted by Crippen LogP contribution is -2.20. The summed E-state index contributed by atoms with van der Waals surface area (Å²) in [6.07, 6.45) is 0. The summed E-state index contributed by atoms with van der Waals surface area (Å²) in [5, 5.41) is 17.6. The van der Waals surface area contributed by atoms with Gasteiger partial charge in [-0.1, -0.05) is 0 Å². The second-order valence-electron chi connectivity index (χ2n) is 3.45. The minimum atomic E-state index is -0.494. The molecule has 0 radical (unpaired) electrons. The van der Waals surface area contributed by atoms with Gasteiger partial charge in [0.05, 0.1) is 25.4 Å². The fourth-order valence-electron chi connectivity index (χ4n) is 1.06. The molecule has 0 bridgehead atoms. The van der Waals surface area contributed by atoms with Crippen molar-refractivity contribution in [2.75, 3.05) is 25.6 Å². The lowest BCUT2D eigenvalue weighted by Gasteiger charge is -2.11. The van der Waals surface area contributed by atoms with Crippen LogP contribution in [0.1, 0.15) is 10.4 Å². The van der Waals surface area contributed by atoms with Crippen molar-refractivity contribution in [3.63, 3.8) is 0 Å². The molecular formula is C11H15NO4. The summed E-state index contributed by atoms with van der Waals surface area (Å²) in [4.78, 5) is 11.5. The molecule has 0 saturated carbocycles. The molecule has 0 saturated heterocycles.